The van der Waals surface area contributed by atoms with Gasteiger partial charge in [0.05, 0.1) is 21.8 Å². The molecule has 1 aliphatic rings. The van der Waals surface area contributed by atoms with E-state index in [0.29, 0.717) is 63.5 Å². The Kier molecular flexibility index (Phi) is 13.0. The van der Waals surface area contributed by atoms with Crippen molar-refractivity contribution in [2.75, 3.05) is 24.1 Å². The summed E-state index contributed by atoms with van der Waals surface area (Å²) in [5.74, 6) is -1.03. The van der Waals surface area contributed by atoms with E-state index < -0.39 is 17.2 Å². The third-order valence-corrected chi connectivity index (χ3v) is 7.42. The van der Waals surface area contributed by atoms with E-state index in [1.54, 1.807) is 23.2 Å². The highest BCUT2D eigenvalue weighted by Crippen LogP contribution is 2.38. The summed E-state index contributed by atoms with van der Waals surface area (Å²) in [4.78, 5) is 28.4. The van der Waals surface area contributed by atoms with Crippen LogP contribution in [0.4, 0.5) is 25.2 Å². The number of rotatable bonds is 6. The van der Waals surface area contributed by atoms with Gasteiger partial charge in [-0.25, -0.2) is 23.5 Å². The predicted octanol–water partition coefficient (Wildman–Crippen LogP) is 8.97. The molecule has 1 atom stereocenters. The Labute approximate surface area is 279 Å². The quantitative estimate of drug-likeness (QED) is 0.196. The molecule has 46 heavy (non-hydrogen) atoms. The Balaban J connectivity index is 0.00000139. The fourth-order valence-corrected chi connectivity index (χ4v) is 5.64. The van der Waals surface area contributed by atoms with Crippen molar-refractivity contribution in [3.63, 3.8) is 0 Å². The Morgan fingerprint density at radius 1 is 1.07 bits per heavy atom. The zero-order chi connectivity index (χ0) is 34.2. The van der Waals surface area contributed by atoms with Crippen LogP contribution in [0.2, 0.25) is 10.0 Å². The van der Waals surface area contributed by atoms with Crippen LogP contribution in [-0.2, 0) is 17.8 Å². The van der Waals surface area contributed by atoms with Crippen molar-refractivity contribution >= 4 is 52.1 Å². The Morgan fingerprint density at radius 3 is 2.37 bits per heavy atom. The molecule has 1 aliphatic heterocycles. The second-order valence-corrected chi connectivity index (χ2v) is 12.2. The maximum atomic E-state index is 13.7. The molecular formula is C33H43Cl2F2N7O2. The molecule has 9 nitrogen and oxygen atoms in total. The Morgan fingerprint density at radius 2 is 1.74 bits per heavy atom. The molecule has 5 rings (SSSR count). The van der Waals surface area contributed by atoms with Crippen molar-refractivity contribution in [2.24, 2.45) is 5.92 Å². The number of ether oxygens (including phenoxy) is 1. The summed E-state index contributed by atoms with van der Waals surface area (Å²) in [5.41, 5.74) is 7.83. The maximum Gasteiger partial charge on any atom is 0.410 e. The van der Waals surface area contributed by atoms with Gasteiger partial charge in [0, 0.05) is 31.9 Å². The second-order valence-electron chi connectivity index (χ2n) is 11.3. The van der Waals surface area contributed by atoms with Gasteiger partial charge in [0.15, 0.2) is 17.3 Å². The first-order chi connectivity index (χ1) is 21.9. The van der Waals surface area contributed by atoms with Crippen molar-refractivity contribution in [1.82, 2.24) is 24.4 Å². The van der Waals surface area contributed by atoms with Gasteiger partial charge in [0.1, 0.15) is 16.9 Å². The molecule has 250 valence electrons. The molecular weight excluding hydrogens is 635 g/mol. The number of nitrogens with two attached hydrogens (primary N) is 1. The van der Waals surface area contributed by atoms with Crippen LogP contribution in [-0.4, -0.2) is 49.2 Å². The molecule has 1 saturated heterocycles. The number of carbonyl (C=O) groups excluding carboxylic acids is 1. The van der Waals surface area contributed by atoms with E-state index in [1.807, 2.05) is 53.0 Å². The number of benzene rings is 2. The molecule has 0 aliphatic carbocycles. The van der Waals surface area contributed by atoms with E-state index in [2.05, 4.69) is 10.3 Å². The smallest absolute Gasteiger partial charge is 0.410 e. The molecule has 4 aromatic rings. The van der Waals surface area contributed by atoms with Crippen LogP contribution in [0.5, 0.6) is 0 Å². The van der Waals surface area contributed by atoms with Crippen molar-refractivity contribution < 1.29 is 18.3 Å². The molecule has 1 amide bonds. The number of aromatic nitrogens is 4. The third kappa shape index (κ3) is 9.19. The van der Waals surface area contributed by atoms with Gasteiger partial charge in [0.2, 0.25) is 5.95 Å². The van der Waals surface area contributed by atoms with Gasteiger partial charge in [-0.1, -0.05) is 57.0 Å². The minimum atomic E-state index is -0.932. The summed E-state index contributed by atoms with van der Waals surface area (Å²) in [6, 6.07) is 6.89. The summed E-state index contributed by atoms with van der Waals surface area (Å²) in [5, 5.41) is 3.73. The zero-order valence-corrected chi connectivity index (χ0v) is 28.9. The number of anilines is 2. The number of nitrogens with zero attached hydrogens (tertiary/aromatic N) is 5. The van der Waals surface area contributed by atoms with E-state index in [0.717, 1.165) is 25.0 Å². The van der Waals surface area contributed by atoms with Crippen LogP contribution >= 0.6 is 23.2 Å². The molecule has 3 N–H and O–H groups in total. The van der Waals surface area contributed by atoms with E-state index in [9.17, 15) is 13.6 Å². The summed E-state index contributed by atoms with van der Waals surface area (Å²) < 4.78 is 34.6. The first-order valence-corrected chi connectivity index (χ1v) is 16.3. The number of hydrogen-bond donors (Lipinski definition) is 2. The predicted molar refractivity (Wildman–Crippen MR) is 182 cm³/mol. The lowest BCUT2D eigenvalue weighted by Crippen LogP contribution is -2.43. The molecule has 1 unspecified atom stereocenters. The lowest BCUT2D eigenvalue weighted by Gasteiger charge is -2.34. The number of imidazole rings is 1. The fraction of sp³-hybridized carbons (Fsp3) is 0.455. The van der Waals surface area contributed by atoms with Crippen molar-refractivity contribution in [3.05, 3.63) is 63.8 Å². The molecule has 0 spiro atoms. The normalized spacial score (nSPS) is 14.6. The number of carbonyl (C=O) groups is 1. The largest absolute Gasteiger partial charge is 0.444 e. The number of halogens is 4. The zero-order valence-electron chi connectivity index (χ0n) is 27.4. The average Bonchev–Trinajstić information content (AvgIpc) is 3.35. The molecule has 2 aromatic carbocycles. The molecule has 13 heteroatoms. The SMILES string of the molecule is CC.CC.CC(C)(C)OC(=O)N1CCCC(Cn2c(-c3c(Cl)cc(N)cc3Cl)nc3cnc(NCc4ccc(F)c(F)c4)nc32)C1. The molecule has 1 fully saturated rings. The molecule has 2 aromatic heterocycles. The fourth-order valence-electron chi connectivity index (χ4n) is 4.97. The van der Waals surface area contributed by atoms with Gasteiger partial charge >= 0.3 is 6.09 Å². The minimum absolute atomic E-state index is 0.0577. The van der Waals surface area contributed by atoms with E-state index >= 15 is 0 Å². The number of fused-ring (bicyclic) bond motifs is 1. The lowest BCUT2D eigenvalue weighted by atomic mass is 9.98. The number of likely N-dealkylation sites (tertiary alicyclic amines) is 1. The summed E-state index contributed by atoms with van der Waals surface area (Å²) in [7, 11) is 0. The molecule has 0 radical (unpaired) electrons. The number of nitrogen functional groups attached to an aromatic ring is 1. The van der Waals surface area contributed by atoms with E-state index in [-0.39, 0.29) is 24.5 Å². The van der Waals surface area contributed by atoms with E-state index in [1.165, 1.54) is 6.07 Å². The number of hydrogen-bond acceptors (Lipinski definition) is 7. The molecule has 0 saturated carbocycles. The monoisotopic (exact) mass is 677 g/mol. The van der Waals surface area contributed by atoms with Crippen LogP contribution < -0.4 is 11.1 Å². The van der Waals surface area contributed by atoms with Gasteiger partial charge in [-0.15, -0.1) is 0 Å². The highest BCUT2D eigenvalue weighted by atomic mass is 35.5. The van der Waals surface area contributed by atoms with Crippen LogP contribution in [0, 0.1) is 17.6 Å². The van der Waals surface area contributed by atoms with Crippen molar-refractivity contribution in [1.29, 1.82) is 0 Å². The van der Waals surface area contributed by atoms with Crippen molar-refractivity contribution in [2.45, 2.75) is 80.0 Å². The van der Waals surface area contributed by atoms with E-state index in [4.69, 9.17) is 43.6 Å². The van der Waals surface area contributed by atoms with Crippen LogP contribution in [0.3, 0.4) is 0 Å². The first kappa shape index (κ1) is 36.8. The average molecular weight is 679 g/mol. The van der Waals surface area contributed by atoms with Gasteiger partial charge in [-0.2, -0.15) is 4.98 Å². The van der Waals surface area contributed by atoms with Gasteiger partial charge in [0.25, 0.3) is 0 Å². The van der Waals surface area contributed by atoms with Crippen molar-refractivity contribution in [3.8, 4) is 11.4 Å². The van der Waals surface area contributed by atoms with Gasteiger partial charge in [-0.3, -0.25) is 0 Å². The van der Waals surface area contributed by atoms with Gasteiger partial charge < -0.3 is 25.3 Å². The van der Waals surface area contributed by atoms with Gasteiger partial charge in [-0.05, 0) is 69.4 Å². The highest BCUT2D eigenvalue weighted by Gasteiger charge is 2.30. The topological polar surface area (TPSA) is 111 Å². The maximum absolute atomic E-state index is 13.7. The third-order valence-electron chi connectivity index (χ3n) is 6.82. The summed E-state index contributed by atoms with van der Waals surface area (Å²) in [6.45, 7) is 15.3. The highest BCUT2D eigenvalue weighted by molar-refractivity contribution is 6.39. The summed E-state index contributed by atoms with van der Waals surface area (Å²) in [6.07, 6.45) is 2.90. The standard InChI is InChI=1S/C29H31Cl2F2N7O2.2C2H6/c1-29(2,3)42-28(41)39-8-4-5-17(14-39)15-40-25-23(37-26(40)24-19(30)10-18(34)11-20(24)31)13-36-27(38-25)35-12-16-6-7-21(32)22(33)9-16;2*1-2/h6-7,9-11,13,17H,4-5,8,12,14-15,34H2,1-3H3,(H,35,36,38);2*1-2H3. The number of nitrogens with one attached hydrogen (secondary N) is 1. The van der Waals surface area contributed by atoms with Crippen LogP contribution in [0.15, 0.2) is 36.5 Å². The number of piperidine rings is 1. The Hall–Kier alpha value is -3.70. The number of amides is 1. The minimum Gasteiger partial charge on any atom is -0.444 e. The first-order valence-electron chi connectivity index (χ1n) is 15.5. The Bertz CT molecular complexity index is 1620. The lowest BCUT2D eigenvalue weighted by molar-refractivity contribution is 0.0158. The summed E-state index contributed by atoms with van der Waals surface area (Å²) >= 11 is 13.2. The molecule has 3 heterocycles. The second kappa shape index (κ2) is 16.2. The van der Waals surface area contributed by atoms with Crippen LogP contribution in [0.25, 0.3) is 22.6 Å². The molecule has 0 bridgehead atoms. The van der Waals surface area contributed by atoms with Crippen LogP contribution in [0.1, 0.15) is 66.9 Å².